The zero-order valence-electron chi connectivity index (χ0n) is 14.9. The molecule has 1 atom stereocenters. The van der Waals surface area contributed by atoms with E-state index >= 15 is 0 Å². The summed E-state index contributed by atoms with van der Waals surface area (Å²) >= 11 is 0. The standard InChI is InChI=1S/C18H16F2N2O6/c1-18(10-3-5-11(6-4-10)28-16(19)20)15(24)22(17(25)21-18)9-12-7-8-13(27-12)14(23)26-2/h3-8,16H,9H2,1-2H3,(H,21,25). The summed E-state index contributed by atoms with van der Waals surface area (Å²) in [7, 11) is 1.20. The fraction of sp³-hybridized carbons (Fsp3) is 0.278. The molecule has 8 nitrogen and oxygen atoms in total. The molecule has 2 heterocycles. The normalized spacial score (nSPS) is 19.1. The molecule has 1 aliphatic heterocycles. The van der Waals surface area contributed by atoms with E-state index in [1.54, 1.807) is 0 Å². The van der Waals surface area contributed by atoms with E-state index in [1.807, 2.05) is 0 Å². The predicted octanol–water partition coefficient (Wildman–Crippen LogP) is 2.63. The number of hydrogen-bond acceptors (Lipinski definition) is 6. The van der Waals surface area contributed by atoms with Gasteiger partial charge in [-0.3, -0.25) is 9.69 Å². The van der Waals surface area contributed by atoms with Crippen LogP contribution >= 0.6 is 0 Å². The first kappa shape index (κ1) is 19.3. The molecular weight excluding hydrogens is 378 g/mol. The first-order valence-corrected chi connectivity index (χ1v) is 8.11. The fourth-order valence-corrected chi connectivity index (χ4v) is 2.83. The number of carbonyl (C=O) groups excluding carboxylic acids is 3. The Kier molecular flexibility index (Phi) is 5.04. The van der Waals surface area contributed by atoms with Crippen LogP contribution in [0.25, 0.3) is 0 Å². The summed E-state index contributed by atoms with van der Waals surface area (Å²) in [4.78, 5) is 37.6. The largest absolute Gasteiger partial charge is 0.463 e. The van der Waals surface area contributed by atoms with E-state index in [0.29, 0.717) is 5.56 Å². The molecule has 10 heteroatoms. The van der Waals surface area contributed by atoms with Crippen molar-refractivity contribution >= 4 is 17.9 Å². The van der Waals surface area contributed by atoms with Gasteiger partial charge in [0.25, 0.3) is 5.91 Å². The number of amides is 3. The zero-order chi connectivity index (χ0) is 20.5. The van der Waals surface area contributed by atoms with Gasteiger partial charge in [-0.25, -0.2) is 9.59 Å². The average molecular weight is 394 g/mol. The lowest BCUT2D eigenvalue weighted by atomic mass is 9.92. The third-order valence-electron chi connectivity index (χ3n) is 4.29. The minimum absolute atomic E-state index is 0.0538. The maximum atomic E-state index is 12.9. The van der Waals surface area contributed by atoms with Crippen molar-refractivity contribution in [3.05, 3.63) is 53.5 Å². The third-order valence-corrected chi connectivity index (χ3v) is 4.29. The highest BCUT2D eigenvalue weighted by Crippen LogP contribution is 2.31. The van der Waals surface area contributed by atoms with Crippen molar-refractivity contribution < 1.29 is 37.1 Å². The number of nitrogens with zero attached hydrogens (tertiary/aromatic N) is 1. The topological polar surface area (TPSA) is 98.1 Å². The number of rotatable bonds is 6. The lowest BCUT2D eigenvalue weighted by molar-refractivity contribution is -0.131. The van der Waals surface area contributed by atoms with Crippen LogP contribution in [0, 0.1) is 0 Å². The number of nitrogens with one attached hydrogen (secondary N) is 1. The Bertz CT molecular complexity index is 911. The molecule has 0 bridgehead atoms. The van der Waals surface area contributed by atoms with E-state index in [9.17, 15) is 23.2 Å². The second kappa shape index (κ2) is 7.29. The van der Waals surface area contributed by atoms with Gasteiger partial charge in [-0.1, -0.05) is 12.1 Å². The SMILES string of the molecule is COC(=O)c1ccc(CN2C(=O)NC(C)(c3ccc(OC(F)F)cc3)C2=O)o1. The fourth-order valence-electron chi connectivity index (χ4n) is 2.83. The Balaban J connectivity index is 1.78. The molecule has 1 aliphatic rings. The molecule has 1 unspecified atom stereocenters. The molecule has 0 radical (unpaired) electrons. The summed E-state index contributed by atoms with van der Waals surface area (Å²) in [5, 5.41) is 2.58. The quantitative estimate of drug-likeness (QED) is 0.598. The Labute approximate surface area is 158 Å². The van der Waals surface area contributed by atoms with E-state index in [0.717, 1.165) is 4.90 Å². The Morgan fingerprint density at radius 2 is 1.89 bits per heavy atom. The van der Waals surface area contributed by atoms with Crippen LogP contribution in [0.4, 0.5) is 13.6 Å². The highest BCUT2D eigenvalue weighted by atomic mass is 19.3. The van der Waals surface area contributed by atoms with Gasteiger partial charge in [-0.2, -0.15) is 8.78 Å². The lowest BCUT2D eigenvalue weighted by Crippen LogP contribution is -2.40. The number of ether oxygens (including phenoxy) is 2. The number of hydrogen-bond donors (Lipinski definition) is 1. The van der Waals surface area contributed by atoms with E-state index in [2.05, 4.69) is 14.8 Å². The molecule has 1 aromatic heterocycles. The molecule has 1 fully saturated rings. The molecule has 1 aromatic carbocycles. The molecule has 2 aromatic rings. The molecule has 3 rings (SSSR count). The van der Waals surface area contributed by atoms with Crippen molar-refractivity contribution in [2.24, 2.45) is 0 Å². The smallest absolute Gasteiger partial charge is 0.387 e. The highest BCUT2D eigenvalue weighted by Gasteiger charge is 2.49. The van der Waals surface area contributed by atoms with Crippen LogP contribution in [0.5, 0.6) is 5.75 Å². The summed E-state index contributed by atoms with van der Waals surface area (Å²) in [6.45, 7) is -1.66. The van der Waals surface area contributed by atoms with Crippen LogP contribution < -0.4 is 10.1 Å². The molecule has 0 saturated carbocycles. The first-order valence-electron chi connectivity index (χ1n) is 8.11. The summed E-state index contributed by atoms with van der Waals surface area (Å²) < 4.78 is 38.6. The minimum atomic E-state index is -2.96. The number of benzene rings is 1. The predicted molar refractivity (Wildman–Crippen MR) is 89.6 cm³/mol. The van der Waals surface area contributed by atoms with Crippen LogP contribution in [0.2, 0.25) is 0 Å². The van der Waals surface area contributed by atoms with Gasteiger partial charge in [0.05, 0.1) is 13.7 Å². The minimum Gasteiger partial charge on any atom is -0.463 e. The van der Waals surface area contributed by atoms with Crippen molar-refractivity contribution in [1.82, 2.24) is 10.2 Å². The summed E-state index contributed by atoms with van der Waals surface area (Å²) in [5.74, 6) is -1.15. The Morgan fingerprint density at radius 1 is 1.21 bits per heavy atom. The van der Waals surface area contributed by atoms with Gasteiger partial charge < -0.3 is 19.2 Å². The number of carbonyl (C=O) groups is 3. The lowest BCUT2D eigenvalue weighted by Gasteiger charge is -2.22. The van der Waals surface area contributed by atoms with Crippen LogP contribution in [0.15, 0.2) is 40.8 Å². The van der Waals surface area contributed by atoms with E-state index in [-0.39, 0.29) is 23.8 Å². The average Bonchev–Trinajstić information content (AvgIpc) is 3.21. The van der Waals surface area contributed by atoms with Gasteiger partial charge in [0, 0.05) is 0 Å². The molecule has 1 N–H and O–H groups in total. The van der Waals surface area contributed by atoms with Gasteiger partial charge in [0.1, 0.15) is 17.0 Å². The van der Waals surface area contributed by atoms with E-state index < -0.39 is 30.1 Å². The van der Waals surface area contributed by atoms with Crippen molar-refractivity contribution in [2.75, 3.05) is 7.11 Å². The third kappa shape index (κ3) is 3.53. The number of alkyl halides is 2. The molecule has 0 spiro atoms. The maximum Gasteiger partial charge on any atom is 0.387 e. The number of urea groups is 1. The van der Waals surface area contributed by atoms with Gasteiger partial charge in [-0.05, 0) is 36.8 Å². The van der Waals surface area contributed by atoms with Crippen LogP contribution in [-0.2, 0) is 21.6 Å². The van der Waals surface area contributed by atoms with Gasteiger partial charge >= 0.3 is 18.6 Å². The molecule has 148 valence electrons. The van der Waals surface area contributed by atoms with E-state index in [1.165, 1.54) is 50.4 Å². The van der Waals surface area contributed by atoms with Crippen LogP contribution in [0.3, 0.4) is 0 Å². The molecule has 28 heavy (non-hydrogen) atoms. The first-order chi connectivity index (χ1) is 13.2. The molecule has 3 amide bonds. The van der Waals surface area contributed by atoms with E-state index in [4.69, 9.17) is 4.42 Å². The second-order valence-electron chi connectivity index (χ2n) is 6.11. The summed E-state index contributed by atoms with van der Waals surface area (Å²) in [6, 6.07) is 7.58. The maximum absolute atomic E-state index is 12.9. The van der Waals surface area contributed by atoms with Crippen molar-refractivity contribution in [1.29, 1.82) is 0 Å². The van der Waals surface area contributed by atoms with Crippen molar-refractivity contribution in [3.63, 3.8) is 0 Å². The second-order valence-corrected chi connectivity index (χ2v) is 6.11. The van der Waals surface area contributed by atoms with Crippen molar-refractivity contribution in [2.45, 2.75) is 25.6 Å². The number of furan rings is 1. The number of esters is 1. The highest BCUT2D eigenvalue weighted by molar-refractivity contribution is 6.07. The summed E-state index contributed by atoms with van der Waals surface area (Å²) in [6.07, 6.45) is 0. The summed E-state index contributed by atoms with van der Waals surface area (Å²) in [5.41, 5.74) is -0.997. The Hall–Kier alpha value is -3.43. The number of halogens is 2. The van der Waals surface area contributed by atoms with Crippen molar-refractivity contribution in [3.8, 4) is 5.75 Å². The monoisotopic (exact) mass is 394 g/mol. The molecule has 0 aliphatic carbocycles. The van der Waals surface area contributed by atoms with Gasteiger partial charge in [-0.15, -0.1) is 0 Å². The van der Waals surface area contributed by atoms with Gasteiger partial charge in [0.2, 0.25) is 5.76 Å². The van der Waals surface area contributed by atoms with Crippen LogP contribution in [0.1, 0.15) is 28.8 Å². The number of imide groups is 1. The molecular formula is C18H16F2N2O6. The zero-order valence-corrected chi connectivity index (χ0v) is 14.9. The van der Waals surface area contributed by atoms with Crippen LogP contribution in [-0.4, -0.2) is 36.5 Å². The number of methoxy groups -OCH3 is 1. The van der Waals surface area contributed by atoms with Gasteiger partial charge in [0.15, 0.2) is 0 Å². The molecule has 1 saturated heterocycles. The Morgan fingerprint density at radius 3 is 2.50 bits per heavy atom.